The predicted octanol–water partition coefficient (Wildman–Crippen LogP) is 3.89. The summed E-state index contributed by atoms with van der Waals surface area (Å²) in [5, 5.41) is 0.838. The number of fused-ring (bicyclic) bond motifs is 3. The molecule has 1 aromatic heterocycles. The van der Waals surface area contributed by atoms with Crippen molar-refractivity contribution >= 4 is 11.8 Å². The van der Waals surface area contributed by atoms with Gasteiger partial charge in [-0.25, -0.2) is 4.98 Å². The molecule has 1 aromatic carbocycles. The summed E-state index contributed by atoms with van der Waals surface area (Å²) in [6, 6.07) is 8.37. The van der Waals surface area contributed by atoms with E-state index < -0.39 is 0 Å². The predicted molar refractivity (Wildman–Crippen MR) is 106 cm³/mol. The zero-order valence-corrected chi connectivity index (χ0v) is 16.6. The summed E-state index contributed by atoms with van der Waals surface area (Å²) in [4.78, 5) is 18.6. The van der Waals surface area contributed by atoms with Gasteiger partial charge in [0.2, 0.25) is 0 Å². The molecule has 0 unspecified atom stereocenters. The van der Waals surface area contributed by atoms with E-state index in [1.165, 1.54) is 18.4 Å². The molecule has 0 atom stereocenters. The van der Waals surface area contributed by atoms with Gasteiger partial charge in [-0.2, -0.15) is 0 Å². The number of rotatable bonds is 6. The maximum Gasteiger partial charge on any atom is 0.258 e. The molecule has 2 aliphatic rings. The standard InChI is InChI=1S/C21H26N2O2S/c1-21(2)12-15-6-4-5-7-16(15)18-17(21)19(24)23(13-14-8-9-14)20(22-18)26-11-10-25-3/h4-7,14H,8-13H2,1-3H3. The molecule has 0 radical (unpaired) electrons. The van der Waals surface area contributed by atoms with Crippen molar-refractivity contribution < 1.29 is 4.74 Å². The molecule has 2 aliphatic carbocycles. The molecule has 138 valence electrons. The molecule has 0 N–H and O–H groups in total. The molecule has 4 rings (SSSR count). The minimum absolute atomic E-state index is 0.154. The first-order valence-electron chi connectivity index (χ1n) is 9.36. The van der Waals surface area contributed by atoms with Crippen LogP contribution >= 0.6 is 11.8 Å². The zero-order chi connectivity index (χ0) is 18.3. The molecule has 0 aliphatic heterocycles. The smallest absolute Gasteiger partial charge is 0.258 e. The Morgan fingerprint density at radius 3 is 2.81 bits per heavy atom. The first-order valence-corrected chi connectivity index (χ1v) is 10.3. The van der Waals surface area contributed by atoms with E-state index in [0.29, 0.717) is 12.5 Å². The molecule has 1 fully saturated rings. The van der Waals surface area contributed by atoms with Crippen molar-refractivity contribution in [1.29, 1.82) is 0 Å². The van der Waals surface area contributed by atoms with Crippen LogP contribution in [0.5, 0.6) is 0 Å². The van der Waals surface area contributed by atoms with Gasteiger partial charge in [0.15, 0.2) is 5.16 Å². The van der Waals surface area contributed by atoms with Gasteiger partial charge in [0, 0.05) is 35.9 Å². The number of nitrogens with zero attached hydrogens (tertiary/aromatic N) is 2. The van der Waals surface area contributed by atoms with Gasteiger partial charge in [0.05, 0.1) is 12.3 Å². The number of benzene rings is 1. The number of aromatic nitrogens is 2. The number of hydrogen-bond acceptors (Lipinski definition) is 4. The number of ether oxygens (including phenoxy) is 1. The van der Waals surface area contributed by atoms with Crippen molar-refractivity contribution in [3.63, 3.8) is 0 Å². The first kappa shape index (κ1) is 17.8. The molecule has 0 saturated heterocycles. The lowest BCUT2D eigenvalue weighted by Gasteiger charge is -2.33. The summed E-state index contributed by atoms with van der Waals surface area (Å²) in [7, 11) is 1.71. The number of methoxy groups -OCH3 is 1. The van der Waals surface area contributed by atoms with E-state index in [-0.39, 0.29) is 11.0 Å². The second kappa shape index (κ2) is 6.86. The average molecular weight is 371 g/mol. The lowest BCUT2D eigenvalue weighted by Crippen LogP contribution is -2.38. The van der Waals surface area contributed by atoms with Crippen LogP contribution in [0.15, 0.2) is 34.2 Å². The van der Waals surface area contributed by atoms with Crippen LogP contribution in [0.1, 0.15) is 37.8 Å². The fourth-order valence-corrected chi connectivity index (χ4v) is 4.76. The van der Waals surface area contributed by atoms with Crippen LogP contribution in [-0.4, -0.2) is 29.0 Å². The third-order valence-electron chi connectivity index (χ3n) is 5.37. The molecule has 0 spiro atoms. The Morgan fingerprint density at radius 1 is 1.31 bits per heavy atom. The average Bonchev–Trinajstić information content (AvgIpc) is 3.41. The lowest BCUT2D eigenvalue weighted by molar-refractivity contribution is 0.218. The van der Waals surface area contributed by atoms with E-state index in [9.17, 15) is 4.79 Å². The minimum Gasteiger partial charge on any atom is -0.384 e. The van der Waals surface area contributed by atoms with Crippen LogP contribution in [0.3, 0.4) is 0 Å². The molecule has 1 heterocycles. The lowest BCUT2D eigenvalue weighted by atomic mass is 9.72. The maximum atomic E-state index is 13.5. The molecular weight excluding hydrogens is 344 g/mol. The summed E-state index contributed by atoms with van der Waals surface area (Å²) < 4.78 is 7.13. The highest BCUT2D eigenvalue weighted by atomic mass is 32.2. The topological polar surface area (TPSA) is 44.1 Å². The third kappa shape index (κ3) is 3.23. The van der Waals surface area contributed by atoms with Crippen LogP contribution in [0.25, 0.3) is 11.3 Å². The summed E-state index contributed by atoms with van der Waals surface area (Å²) in [5.41, 5.74) is 4.12. The van der Waals surface area contributed by atoms with Gasteiger partial charge >= 0.3 is 0 Å². The monoisotopic (exact) mass is 370 g/mol. The maximum absolute atomic E-state index is 13.5. The second-order valence-corrected chi connectivity index (χ2v) is 9.10. The Labute approximate surface area is 159 Å². The Kier molecular flexibility index (Phi) is 4.70. The van der Waals surface area contributed by atoms with Crippen molar-refractivity contribution in [2.24, 2.45) is 5.92 Å². The Morgan fingerprint density at radius 2 is 2.08 bits per heavy atom. The molecule has 26 heavy (non-hydrogen) atoms. The highest BCUT2D eigenvalue weighted by molar-refractivity contribution is 7.99. The summed E-state index contributed by atoms with van der Waals surface area (Å²) in [6.45, 7) is 5.80. The quantitative estimate of drug-likeness (QED) is 0.440. The number of thioether (sulfide) groups is 1. The van der Waals surface area contributed by atoms with Gasteiger partial charge in [-0.15, -0.1) is 0 Å². The van der Waals surface area contributed by atoms with Crippen molar-refractivity contribution in [1.82, 2.24) is 9.55 Å². The molecular formula is C21H26N2O2S. The van der Waals surface area contributed by atoms with Crippen molar-refractivity contribution in [3.8, 4) is 11.3 Å². The fraction of sp³-hybridized carbons (Fsp3) is 0.524. The van der Waals surface area contributed by atoms with Crippen molar-refractivity contribution in [2.75, 3.05) is 19.5 Å². The van der Waals surface area contributed by atoms with Crippen LogP contribution in [0.4, 0.5) is 0 Å². The van der Waals surface area contributed by atoms with Crippen molar-refractivity contribution in [3.05, 3.63) is 45.7 Å². The molecule has 2 aromatic rings. The Balaban J connectivity index is 1.89. The van der Waals surface area contributed by atoms with Gasteiger partial charge in [-0.3, -0.25) is 9.36 Å². The third-order valence-corrected chi connectivity index (χ3v) is 6.31. The molecule has 0 amide bonds. The largest absolute Gasteiger partial charge is 0.384 e. The van der Waals surface area contributed by atoms with Gasteiger partial charge < -0.3 is 4.74 Å². The zero-order valence-electron chi connectivity index (χ0n) is 15.7. The summed E-state index contributed by atoms with van der Waals surface area (Å²) in [5.74, 6) is 1.44. The van der Waals surface area contributed by atoms with Crippen LogP contribution in [0.2, 0.25) is 0 Å². The van der Waals surface area contributed by atoms with Crippen LogP contribution in [-0.2, 0) is 23.1 Å². The molecule has 4 nitrogen and oxygen atoms in total. The molecule has 5 heteroatoms. The Hall–Kier alpha value is -1.59. The Bertz CT molecular complexity index is 884. The van der Waals surface area contributed by atoms with Gasteiger partial charge in [-0.05, 0) is 30.7 Å². The highest BCUT2D eigenvalue weighted by Gasteiger charge is 2.36. The number of hydrogen-bond donors (Lipinski definition) is 0. The second-order valence-electron chi connectivity index (χ2n) is 8.04. The van der Waals surface area contributed by atoms with E-state index >= 15 is 0 Å². The summed E-state index contributed by atoms with van der Waals surface area (Å²) >= 11 is 1.63. The van der Waals surface area contributed by atoms with Crippen LogP contribution < -0.4 is 5.56 Å². The van der Waals surface area contributed by atoms with E-state index in [1.807, 2.05) is 10.6 Å². The van der Waals surface area contributed by atoms with E-state index in [0.717, 1.165) is 40.7 Å². The molecule has 1 saturated carbocycles. The molecule has 0 bridgehead atoms. The normalized spacial score (nSPS) is 17.7. The fourth-order valence-electron chi connectivity index (χ4n) is 3.86. The minimum atomic E-state index is -0.200. The van der Waals surface area contributed by atoms with Crippen molar-refractivity contribution in [2.45, 2.75) is 50.2 Å². The first-order chi connectivity index (χ1) is 12.5. The summed E-state index contributed by atoms with van der Waals surface area (Å²) in [6.07, 6.45) is 3.32. The van der Waals surface area contributed by atoms with E-state index in [2.05, 4.69) is 32.0 Å². The van der Waals surface area contributed by atoms with E-state index in [1.54, 1.807) is 18.9 Å². The van der Waals surface area contributed by atoms with Gasteiger partial charge in [0.25, 0.3) is 5.56 Å². The van der Waals surface area contributed by atoms with Crippen LogP contribution in [0, 0.1) is 5.92 Å². The van der Waals surface area contributed by atoms with E-state index in [4.69, 9.17) is 9.72 Å². The van der Waals surface area contributed by atoms with Gasteiger partial charge in [0.1, 0.15) is 0 Å². The van der Waals surface area contributed by atoms with Gasteiger partial charge in [-0.1, -0.05) is 49.9 Å². The highest BCUT2D eigenvalue weighted by Crippen LogP contribution is 2.41. The SMILES string of the molecule is COCCSc1nc2c(c(=O)n1CC1CC1)C(C)(C)Cc1ccccc1-2.